The molecule has 0 aliphatic carbocycles. The maximum Gasteiger partial charge on any atom is 1.00 e. The Morgan fingerprint density at radius 1 is 1.00 bits per heavy atom. The van der Waals surface area contributed by atoms with Gasteiger partial charge in [0, 0.05) is 5.25 Å². The van der Waals surface area contributed by atoms with Crippen molar-refractivity contribution in [2.24, 2.45) is 0 Å². The standard InChI is InChI=1S/C12H26O4S.K/c1-3-5-7-11(13)9-10-12(8-6-4-2)17(14,15)16;/h11-13H,3-10H2,1-2H3,(H,14,15,16);/q;+1/p-1. The van der Waals surface area contributed by atoms with Crippen LogP contribution >= 0.6 is 0 Å². The van der Waals surface area contributed by atoms with E-state index in [4.69, 9.17) is 0 Å². The van der Waals surface area contributed by atoms with Crippen molar-refractivity contribution < 1.29 is 69.5 Å². The molecular formula is C12H25KO4S. The maximum absolute atomic E-state index is 11.0. The summed E-state index contributed by atoms with van der Waals surface area (Å²) in [5.41, 5.74) is 0. The van der Waals surface area contributed by atoms with Crippen molar-refractivity contribution in [1.82, 2.24) is 0 Å². The molecule has 0 spiro atoms. The molecule has 18 heavy (non-hydrogen) atoms. The molecule has 4 nitrogen and oxygen atoms in total. The normalized spacial score (nSPS) is 14.9. The van der Waals surface area contributed by atoms with Crippen molar-refractivity contribution in [3.05, 3.63) is 0 Å². The van der Waals surface area contributed by atoms with Crippen LogP contribution in [0.15, 0.2) is 0 Å². The van der Waals surface area contributed by atoms with E-state index in [-0.39, 0.29) is 57.8 Å². The Bertz CT molecular complexity index is 280. The van der Waals surface area contributed by atoms with Gasteiger partial charge in [0.2, 0.25) is 0 Å². The Labute approximate surface area is 154 Å². The predicted molar refractivity (Wildman–Crippen MR) is 67.8 cm³/mol. The van der Waals surface area contributed by atoms with Crippen LogP contribution in [-0.4, -0.2) is 29.4 Å². The van der Waals surface area contributed by atoms with Crippen molar-refractivity contribution >= 4 is 10.1 Å². The van der Waals surface area contributed by atoms with E-state index >= 15 is 0 Å². The van der Waals surface area contributed by atoms with E-state index < -0.39 is 21.5 Å². The zero-order valence-electron chi connectivity index (χ0n) is 11.9. The van der Waals surface area contributed by atoms with Gasteiger partial charge in [-0.15, -0.1) is 0 Å². The third-order valence-corrected chi connectivity index (χ3v) is 4.29. The van der Waals surface area contributed by atoms with E-state index in [1.807, 2.05) is 13.8 Å². The third-order valence-electron chi connectivity index (χ3n) is 3.00. The summed E-state index contributed by atoms with van der Waals surface area (Å²) in [5, 5.41) is 8.80. The molecule has 0 rings (SSSR count). The third kappa shape index (κ3) is 11.3. The van der Waals surface area contributed by atoms with Gasteiger partial charge < -0.3 is 9.66 Å². The fourth-order valence-corrected chi connectivity index (χ4v) is 2.71. The molecule has 0 aromatic rings. The van der Waals surface area contributed by atoms with Gasteiger partial charge >= 0.3 is 51.4 Å². The monoisotopic (exact) mass is 304 g/mol. The summed E-state index contributed by atoms with van der Waals surface area (Å²) in [4.78, 5) is 0. The van der Waals surface area contributed by atoms with Crippen molar-refractivity contribution in [1.29, 1.82) is 0 Å². The van der Waals surface area contributed by atoms with Gasteiger partial charge in [-0.1, -0.05) is 39.5 Å². The molecule has 0 aliphatic heterocycles. The first-order chi connectivity index (χ1) is 7.91. The summed E-state index contributed by atoms with van der Waals surface area (Å²) in [7, 11) is -4.21. The van der Waals surface area contributed by atoms with Gasteiger partial charge in [-0.2, -0.15) is 0 Å². The molecule has 2 unspecified atom stereocenters. The maximum atomic E-state index is 11.0. The van der Waals surface area contributed by atoms with Crippen LogP contribution < -0.4 is 51.4 Å². The molecule has 0 aliphatic rings. The molecular weight excluding hydrogens is 279 g/mol. The molecule has 0 saturated carbocycles. The minimum Gasteiger partial charge on any atom is -0.748 e. The second kappa shape index (κ2) is 12.3. The summed E-state index contributed by atoms with van der Waals surface area (Å²) in [6, 6.07) is 0. The van der Waals surface area contributed by atoms with E-state index in [2.05, 4.69) is 0 Å². The van der Waals surface area contributed by atoms with Gasteiger partial charge in [-0.25, -0.2) is 8.42 Å². The second-order valence-corrected chi connectivity index (χ2v) is 6.28. The SMILES string of the molecule is CCCCC(O)CCC(CCCC)S(=O)(=O)[O-].[K+]. The van der Waals surface area contributed by atoms with Crippen molar-refractivity contribution in [2.75, 3.05) is 0 Å². The molecule has 0 aromatic carbocycles. The van der Waals surface area contributed by atoms with E-state index in [1.165, 1.54) is 0 Å². The second-order valence-electron chi connectivity index (χ2n) is 4.63. The Morgan fingerprint density at radius 2 is 1.50 bits per heavy atom. The number of aliphatic hydroxyl groups excluding tert-OH is 1. The number of rotatable bonds is 10. The van der Waals surface area contributed by atoms with Crippen LogP contribution in [0.3, 0.4) is 0 Å². The Hall–Kier alpha value is 1.51. The quantitative estimate of drug-likeness (QED) is 0.433. The smallest absolute Gasteiger partial charge is 0.748 e. The van der Waals surface area contributed by atoms with Gasteiger partial charge in [-0.05, 0) is 25.7 Å². The first-order valence-corrected chi connectivity index (χ1v) is 8.01. The van der Waals surface area contributed by atoms with Gasteiger partial charge in [0.05, 0.1) is 16.2 Å². The summed E-state index contributed by atoms with van der Waals surface area (Å²) in [6.45, 7) is 4.00. The molecule has 0 heterocycles. The average molecular weight is 304 g/mol. The first-order valence-electron chi connectivity index (χ1n) is 6.54. The fourth-order valence-electron chi connectivity index (χ4n) is 1.83. The van der Waals surface area contributed by atoms with E-state index in [1.54, 1.807) is 0 Å². The van der Waals surface area contributed by atoms with Crippen LogP contribution in [0.4, 0.5) is 0 Å². The largest absolute Gasteiger partial charge is 1.00 e. The summed E-state index contributed by atoms with van der Waals surface area (Å²) < 4.78 is 33.1. The molecule has 0 radical (unpaired) electrons. The predicted octanol–water partition coefficient (Wildman–Crippen LogP) is -0.574. The topological polar surface area (TPSA) is 77.4 Å². The number of unbranched alkanes of at least 4 members (excludes halogenated alkanes) is 2. The van der Waals surface area contributed by atoms with Crippen LogP contribution in [0.25, 0.3) is 0 Å². The average Bonchev–Trinajstić information content (AvgIpc) is 2.24. The molecule has 0 fully saturated rings. The van der Waals surface area contributed by atoms with Crippen LogP contribution in [0.2, 0.25) is 0 Å². The van der Waals surface area contributed by atoms with Gasteiger partial charge in [0.25, 0.3) is 0 Å². The minimum atomic E-state index is -4.21. The van der Waals surface area contributed by atoms with Crippen LogP contribution in [0.1, 0.15) is 65.2 Å². The van der Waals surface area contributed by atoms with Gasteiger partial charge in [-0.3, -0.25) is 0 Å². The molecule has 6 heteroatoms. The molecule has 0 saturated heterocycles. The zero-order chi connectivity index (χ0) is 13.3. The first kappa shape index (κ1) is 21.8. The van der Waals surface area contributed by atoms with Crippen LogP contribution in [-0.2, 0) is 10.1 Å². The molecule has 104 valence electrons. The fraction of sp³-hybridized carbons (Fsp3) is 1.00. The van der Waals surface area contributed by atoms with E-state index in [9.17, 15) is 18.1 Å². The number of aliphatic hydroxyl groups is 1. The Kier molecular flexibility index (Phi) is 14.9. The molecule has 0 bridgehead atoms. The van der Waals surface area contributed by atoms with Crippen molar-refractivity contribution in [2.45, 2.75) is 76.6 Å². The van der Waals surface area contributed by atoms with Crippen molar-refractivity contribution in [3.63, 3.8) is 0 Å². The Balaban J connectivity index is 0. The minimum absolute atomic E-state index is 0. The van der Waals surface area contributed by atoms with Crippen LogP contribution in [0.5, 0.6) is 0 Å². The summed E-state index contributed by atoms with van der Waals surface area (Å²) in [5.74, 6) is 0. The number of hydrogen-bond acceptors (Lipinski definition) is 4. The zero-order valence-corrected chi connectivity index (χ0v) is 15.8. The Morgan fingerprint density at radius 3 is 1.94 bits per heavy atom. The van der Waals surface area contributed by atoms with E-state index in [0.29, 0.717) is 19.3 Å². The molecule has 2 atom stereocenters. The van der Waals surface area contributed by atoms with Gasteiger partial charge in [0.1, 0.15) is 0 Å². The summed E-state index contributed by atoms with van der Waals surface area (Å²) >= 11 is 0. The van der Waals surface area contributed by atoms with E-state index in [0.717, 1.165) is 25.7 Å². The number of hydrogen-bond donors (Lipinski definition) is 1. The molecule has 0 amide bonds. The summed E-state index contributed by atoms with van der Waals surface area (Å²) in [6.07, 6.45) is 4.91. The molecule has 0 aromatic heterocycles. The molecule has 1 N–H and O–H groups in total. The van der Waals surface area contributed by atoms with Gasteiger partial charge in [0.15, 0.2) is 0 Å². The van der Waals surface area contributed by atoms with Crippen molar-refractivity contribution in [3.8, 4) is 0 Å². The van der Waals surface area contributed by atoms with Crippen LogP contribution in [0, 0.1) is 0 Å².